The number of aryl methyl sites for hydroxylation is 1. The van der Waals surface area contributed by atoms with Crippen molar-refractivity contribution in [3.8, 4) is 0 Å². The first kappa shape index (κ1) is 22.4. The number of likely N-dealkylation sites (N-methyl/N-ethyl adjacent to an activating group) is 1. The molecule has 0 saturated heterocycles. The summed E-state index contributed by atoms with van der Waals surface area (Å²) in [6.45, 7) is 5.83. The molecule has 8 nitrogen and oxygen atoms in total. The summed E-state index contributed by atoms with van der Waals surface area (Å²) in [4.78, 5) is 22.1. The van der Waals surface area contributed by atoms with Crippen molar-refractivity contribution in [1.29, 1.82) is 0 Å². The number of aliphatic hydroxyl groups is 1. The molecular weight excluding hydrogens is 425 g/mol. The molecule has 2 aliphatic rings. The number of imidazole rings is 1. The molecule has 1 saturated carbocycles. The van der Waals surface area contributed by atoms with E-state index in [0.717, 1.165) is 19.0 Å². The number of pyridine rings is 1. The summed E-state index contributed by atoms with van der Waals surface area (Å²) in [5.74, 6) is 0.0531. The Labute approximate surface area is 183 Å². The Morgan fingerprint density at radius 3 is 2.66 bits per heavy atom. The number of nitrogens with one attached hydrogen (secondary N) is 2. The van der Waals surface area contributed by atoms with Crippen LogP contribution in [-0.4, -0.2) is 44.4 Å². The van der Waals surface area contributed by atoms with Crippen LogP contribution in [0.25, 0.3) is 0 Å². The van der Waals surface area contributed by atoms with Crippen LogP contribution in [0.5, 0.6) is 0 Å². The van der Waals surface area contributed by atoms with E-state index in [4.69, 9.17) is 0 Å². The second-order valence-corrected chi connectivity index (χ2v) is 9.01. The number of aromatic nitrogens is 3. The SMILES string of the molecule is Cc1nc(NC2CC(Cn3cnc(C(F)(F)F)c3)C2)cc2c1NC(=O)[C@@](O)(C(C)C)N2C. The van der Waals surface area contributed by atoms with Gasteiger partial charge >= 0.3 is 6.18 Å². The van der Waals surface area contributed by atoms with Gasteiger partial charge in [-0.3, -0.25) is 4.79 Å². The third kappa shape index (κ3) is 3.78. The van der Waals surface area contributed by atoms with Crippen molar-refractivity contribution in [2.45, 2.75) is 58.1 Å². The monoisotopic (exact) mass is 452 g/mol. The molecule has 0 aromatic carbocycles. The van der Waals surface area contributed by atoms with Crippen LogP contribution in [0.15, 0.2) is 18.6 Å². The summed E-state index contributed by atoms with van der Waals surface area (Å²) in [7, 11) is 1.68. The Bertz CT molecular complexity index is 1030. The summed E-state index contributed by atoms with van der Waals surface area (Å²) in [6, 6.07) is 1.94. The third-order valence-corrected chi connectivity index (χ3v) is 6.41. The van der Waals surface area contributed by atoms with Crippen molar-refractivity contribution in [2.75, 3.05) is 22.6 Å². The quantitative estimate of drug-likeness (QED) is 0.645. The Hall–Kier alpha value is -2.82. The molecule has 1 amide bonds. The molecule has 11 heteroatoms. The smallest absolute Gasteiger partial charge is 0.367 e. The Kier molecular flexibility index (Phi) is 5.35. The second-order valence-electron chi connectivity index (χ2n) is 9.01. The molecular formula is C21H27F3N6O2. The van der Waals surface area contributed by atoms with Crippen LogP contribution in [0.1, 0.15) is 38.1 Å². The zero-order valence-corrected chi connectivity index (χ0v) is 18.4. The number of anilines is 3. The number of halogens is 3. The third-order valence-electron chi connectivity index (χ3n) is 6.41. The van der Waals surface area contributed by atoms with E-state index in [2.05, 4.69) is 20.6 Å². The molecule has 0 bridgehead atoms. The van der Waals surface area contributed by atoms with Crippen molar-refractivity contribution in [3.05, 3.63) is 30.0 Å². The van der Waals surface area contributed by atoms with Crippen molar-refractivity contribution >= 4 is 23.1 Å². The number of nitrogens with zero attached hydrogens (tertiary/aromatic N) is 4. The van der Waals surface area contributed by atoms with Crippen molar-refractivity contribution in [3.63, 3.8) is 0 Å². The van der Waals surface area contributed by atoms with Gasteiger partial charge in [-0.05, 0) is 25.7 Å². The minimum Gasteiger partial charge on any atom is -0.367 e. The summed E-state index contributed by atoms with van der Waals surface area (Å²) in [6.07, 6.45) is -0.591. The van der Waals surface area contributed by atoms with Gasteiger partial charge in [0, 0.05) is 37.8 Å². The van der Waals surface area contributed by atoms with Gasteiger partial charge in [-0.15, -0.1) is 0 Å². The van der Waals surface area contributed by atoms with Crippen LogP contribution in [-0.2, 0) is 17.5 Å². The highest BCUT2D eigenvalue weighted by molar-refractivity contribution is 6.06. The number of carbonyl (C=O) groups is 1. The summed E-state index contributed by atoms with van der Waals surface area (Å²) in [5, 5.41) is 17.1. The molecule has 32 heavy (non-hydrogen) atoms. The fourth-order valence-electron chi connectivity index (χ4n) is 4.46. The number of rotatable bonds is 5. The van der Waals surface area contributed by atoms with E-state index in [1.807, 2.05) is 0 Å². The lowest BCUT2D eigenvalue weighted by molar-refractivity contribution is -0.141. The fourth-order valence-corrected chi connectivity index (χ4v) is 4.46. The topological polar surface area (TPSA) is 95.3 Å². The van der Waals surface area contributed by atoms with Crippen LogP contribution in [0, 0.1) is 18.8 Å². The van der Waals surface area contributed by atoms with Crippen LogP contribution in [0.3, 0.4) is 0 Å². The average Bonchev–Trinajstić information content (AvgIpc) is 3.14. The van der Waals surface area contributed by atoms with Gasteiger partial charge in [0.15, 0.2) is 5.69 Å². The van der Waals surface area contributed by atoms with Gasteiger partial charge in [-0.1, -0.05) is 13.8 Å². The number of hydrogen-bond acceptors (Lipinski definition) is 6. The van der Waals surface area contributed by atoms with Crippen LogP contribution < -0.4 is 15.5 Å². The van der Waals surface area contributed by atoms with Gasteiger partial charge in [0.05, 0.1) is 23.4 Å². The molecule has 0 unspecified atom stereocenters. The first-order chi connectivity index (χ1) is 14.9. The van der Waals surface area contributed by atoms with Gasteiger partial charge < -0.3 is 25.2 Å². The van der Waals surface area contributed by atoms with E-state index in [0.29, 0.717) is 29.4 Å². The van der Waals surface area contributed by atoms with Gasteiger partial charge in [0.2, 0.25) is 5.72 Å². The zero-order valence-electron chi connectivity index (χ0n) is 18.4. The molecule has 3 heterocycles. The summed E-state index contributed by atoms with van der Waals surface area (Å²) >= 11 is 0. The first-order valence-corrected chi connectivity index (χ1v) is 10.5. The lowest BCUT2D eigenvalue weighted by Gasteiger charge is -2.45. The molecule has 0 radical (unpaired) electrons. The predicted molar refractivity (Wildman–Crippen MR) is 113 cm³/mol. The molecule has 0 spiro atoms. The maximum Gasteiger partial charge on any atom is 0.434 e. The predicted octanol–water partition coefficient (Wildman–Crippen LogP) is 3.23. The molecule has 1 aliphatic carbocycles. The van der Waals surface area contributed by atoms with Crippen LogP contribution in [0.4, 0.5) is 30.4 Å². The highest BCUT2D eigenvalue weighted by atomic mass is 19.4. The molecule has 4 rings (SSSR count). The van der Waals surface area contributed by atoms with Crippen LogP contribution >= 0.6 is 0 Å². The number of fused-ring (bicyclic) bond motifs is 1. The molecule has 2 aromatic rings. The molecule has 1 atom stereocenters. The molecule has 3 N–H and O–H groups in total. The van der Waals surface area contributed by atoms with Crippen molar-refractivity contribution in [1.82, 2.24) is 14.5 Å². The maximum absolute atomic E-state index is 12.7. The first-order valence-electron chi connectivity index (χ1n) is 10.5. The van der Waals surface area contributed by atoms with E-state index in [1.165, 1.54) is 10.9 Å². The molecule has 1 fully saturated rings. The van der Waals surface area contributed by atoms with E-state index < -0.39 is 23.5 Å². The minimum atomic E-state index is -4.43. The largest absolute Gasteiger partial charge is 0.434 e. The molecule has 2 aromatic heterocycles. The van der Waals surface area contributed by atoms with Crippen molar-refractivity contribution in [2.24, 2.45) is 11.8 Å². The maximum atomic E-state index is 12.7. The highest BCUT2D eigenvalue weighted by Crippen LogP contribution is 2.41. The highest BCUT2D eigenvalue weighted by Gasteiger charge is 2.48. The number of alkyl halides is 3. The average molecular weight is 452 g/mol. The number of hydrogen-bond donors (Lipinski definition) is 3. The van der Waals surface area contributed by atoms with Crippen LogP contribution in [0.2, 0.25) is 0 Å². The number of amides is 1. The fraction of sp³-hybridized carbons (Fsp3) is 0.571. The summed E-state index contributed by atoms with van der Waals surface area (Å²) < 4.78 is 39.6. The van der Waals surface area contributed by atoms with Gasteiger partial charge in [0.25, 0.3) is 5.91 Å². The zero-order chi connectivity index (χ0) is 23.4. The van der Waals surface area contributed by atoms with Gasteiger partial charge in [0.1, 0.15) is 5.82 Å². The molecule has 1 aliphatic heterocycles. The summed E-state index contributed by atoms with van der Waals surface area (Å²) in [5.41, 5.74) is -0.673. The van der Waals surface area contributed by atoms with Gasteiger partial charge in [-0.2, -0.15) is 13.2 Å². The standard InChI is InChI=1S/C21H27F3N6O2/c1-11(2)20(32)19(31)28-18-12(3)26-17(7-15(18)29(20)4)27-14-5-13(6-14)8-30-9-16(25-10-30)21(22,23)24/h7,9-11,13-14,32H,5-6,8H2,1-4H3,(H,26,27)(H,28,31)/t13?,14?,20-/m0/s1. The van der Waals surface area contributed by atoms with E-state index >= 15 is 0 Å². The van der Waals surface area contributed by atoms with E-state index in [1.54, 1.807) is 38.8 Å². The van der Waals surface area contributed by atoms with E-state index in [9.17, 15) is 23.1 Å². The Morgan fingerprint density at radius 1 is 1.38 bits per heavy atom. The lowest BCUT2D eigenvalue weighted by Crippen LogP contribution is -2.62. The Morgan fingerprint density at radius 2 is 2.06 bits per heavy atom. The second kappa shape index (κ2) is 7.65. The Balaban J connectivity index is 1.42. The van der Waals surface area contributed by atoms with Crippen molar-refractivity contribution < 1.29 is 23.1 Å². The number of carbonyl (C=O) groups excluding carboxylic acids is 1. The lowest BCUT2D eigenvalue weighted by atomic mass is 9.80. The van der Waals surface area contributed by atoms with E-state index in [-0.39, 0.29) is 17.9 Å². The minimum absolute atomic E-state index is 0.142. The molecule has 174 valence electrons. The normalized spacial score (nSPS) is 25.4. The van der Waals surface area contributed by atoms with Gasteiger partial charge in [-0.25, -0.2) is 9.97 Å².